The summed E-state index contributed by atoms with van der Waals surface area (Å²) >= 11 is 0. The lowest BCUT2D eigenvalue weighted by Gasteiger charge is -2.37. The minimum Gasteiger partial charge on any atom is -0.379 e. The molecule has 0 radical (unpaired) electrons. The molecule has 1 aromatic carbocycles. The third-order valence-corrected chi connectivity index (χ3v) is 5.47. The minimum absolute atomic E-state index is 0.472. The van der Waals surface area contributed by atoms with E-state index in [1.54, 1.807) is 6.20 Å². The largest absolute Gasteiger partial charge is 0.379 e. The molecule has 3 rings (SSSR count). The molecule has 2 N–H and O–H groups in total. The summed E-state index contributed by atoms with van der Waals surface area (Å²) in [4.78, 5) is 11.4. The molecule has 0 aliphatic carbocycles. The fourth-order valence-electron chi connectivity index (χ4n) is 3.75. The van der Waals surface area contributed by atoms with E-state index >= 15 is 0 Å². The van der Waals surface area contributed by atoms with Crippen LogP contribution < -0.4 is 10.6 Å². The molecule has 164 valence electrons. The standard InChI is InChI=1S/C23H36N6O/c1-4-25-23(27-16-22(19(2)3)29-11-13-30-14-12-29)26-15-20-5-7-21(8-6-20)17-28-10-9-24-18-28/h5-10,18-19,22H,4,11-17H2,1-3H3,(H2,25,26,27). The topological polar surface area (TPSA) is 66.7 Å². The van der Waals surface area contributed by atoms with Gasteiger partial charge in [-0.25, -0.2) is 9.98 Å². The van der Waals surface area contributed by atoms with E-state index < -0.39 is 0 Å². The van der Waals surface area contributed by atoms with Crippen LogP contribution in [0.15, 0.2) is 48.0 Å². The maximum atomic E-state index is 5.52. The lowest BCUT2D eigenvalue weighted by molar-refractivity contribution is 0.00752. The van der Waals surface area contributed by atoms with Crippen LogP contribution in [0.3, 0.4) is 0 Å². The van der Waals surface area contributed by atoms with Gasteiger partial charge in [-0.1, -0.05) is 38.1 Å². The third-order valence-electron chi connectivity index (χ3n) is 5.47. The molecule has 0 bridgehead atoms. The van der Waals surface area contributed by atoms with Crippen LogP contribution in [0.5, 0.6) is 0 Å². The molecule has 2 heterocycles. The highest BCUT2D eigenvalue weighted by molar-refractivity contribution is 5.79. The first-order chi connectivity index (χ1) is 14.7. The Balaban J connectivity index is 1.55. The second-order valence-electron chi connectivity index (χ2n) is 8.09. The molecular weight excluding hydrogens is 376 g/mol. The molecule has 1 atom stereocenters. The van der Waals surface area contributed by atoms with Crippen molar-refractivity contribution in [1.82, 2.24) is 25.1 Å². The van der Waals surface area contributed by atoms with Gasteiger partial charge in [-0.15, -0.1) is 0 Å². The quantitative estimate of drug-likeness (QED) is 0.489. The highest BCUT2D eigenvalue weighted by atomic mass is 16.5. The highest BCUT2D eigenvalue weighted by Crippen LogP contribution is 2.12. The summed E-state index contributed by atoms with van der Waals surface area (Å²) in [5.74, 6) is 1.44. The fraction of sp³-hybridized carbons (Fsp3) is 0.565. The van der Waals surface area contributed by atoms with E-state index in [4.69, 9.17) is 9.73 Å². The van der Waals surface area contributed by atoms with Crippen LogP contribution in [0, 0.1) is 5.92 Å². The van der Waals surface area contributed by atoms with Crippen molar-refractivity contribution in [2.75, 3.05) is 39.4 Å². The highest BCUT2D eigenvalue weighted by Gasteiger charge is 2.23. The lowest BCUT2D eigenvalue weighted by Crippen LogP contribution is -2.52. The first-order valence-corrected chi connectivity index (χ1v) is 11.0. The minimum atomic E-state index is 0.472. The number of rotatable bonds is 9. The summed E-state index contributed by atoms with van der Waals surface area (Å²) in [5.41, 5.74) is 2.46. The van der Waals surface area contributed by atoms with Crippen molar-refractivity contribution >= 4 is 5.96 Å². The zero-order valence-electron chi connectivity index (χ0n) is 18.6. The molecule has 7 heteroatoms. The molecule has 1 saturated heterocycles. The number of benzene rings is 1. The van der Waals surface area contributed by atoms with Crippen molar-refractivity contribution in [3.63, 3.8) is 0 Å². The number of nitrogens with one attached hydrogen (secondary N) is 2. The van der Waals surface area contributed by atoms with E-state index in [1.165, 1.54) is 11.1 Å². The molecule has 7 nitrogen and oxygen atoms in total. The Labute approximate surface area is 180 Å². The van der Waals surface area contributed by atoms with Gasteiger partial charge in [0.2, 0.25) is 0 Å². The van der Waals surface area contributed by atoms with E-state index in [0.717, 1.165) is 51.9 Å². The number of imidazole rings is 1. The third kappa shape index (κ3) is 6.85. The van der Waals surface area contributed by atoms with Crippen molar-refractivity contribution in [3.8, 4) is 0 Å². The monoisotopic (exact) mass is 412 g/mol. The Hall–Kier alpha value is -2.38. The molecule has 0 spiro atoms. The fourth-order valence-corrected chi connectivity index (χ4v) is 3.75. The number of guanidine groups is 1. The Morgan fingerprint density at radius 2 is 1.87 bits per heavy atom. The number of morpholine rings is 1. The molecule has 0 amide bonds. The summed E-state index contributed by atoms with van der Waals surface area (Å²) in [6.07, 6.45) is 5.63. The van der Waals surface area contributed by atoms with E-state index in [-0.39, 0.29) is 0 Å². The summed E-state index contributed by atoms with van der Waals surface area (Å²) < 4.78 is 7.59. The Kier molecular flexibility index (Phi) is 8.71. The van der Waals surface area contributed by atoms with Crippen LogP contribution in [-0.4, -0.2) is 65.8 Å². The number of hydrogen-bond acceptors (Lipinski definition) is 4. The van der Waals surface area contributed by atoms with Crippen LogP contribution >= 0.6 is 0 Å². The van der Waals surface area contributed by atoms with Gasteiger partial charge in [0.25, 0.3) is 0 Å². The van der Waals surface area contributed by atoms with Crippen LogP contribution in [-0.2, 0) is 17.8 Å². The molecule has 1 aliphatic rings. The number of aliphatic imine (C=N–C) groups is 1. The van der Waals surface area contributed by atoms with Crippen molar-refractivity contribution < 1.29 is 4.74 Å². The Morgan fingerprint density at radius 1 is 1.13 bits per heavy atom. The first kappa shape index (κ1) is 22.3. The second kappa shape index (κ2) is 11.7. The van der Waals surface area contributed by atoms with Gasteiger partial charge in [-0.2, -0.15) is 0 Å². The van der Waals surface area contributed by atoms with Gasteiger partial charge >= 0.3 is 0 Å². The molecule has 0 saturated carbocycles. The van der Waals surface area contributed by atoms with Crippen molar-refractivity contribution in [2.45, 2.75) is 39.9 Å². The van der Waals surface area contributed by atoms with Gasteiger partial charge in [-0.3, -0.25) is 4.90 Å². The van der Waals surface area contributed by atoms with Gasteiger partial charge in [0.1, 0.15) is 0 Å². The normalized spacial score (nSPS) is 16.6. The van der Waals surface area contributed by atoms with Crippen molar-refractivity contribution in [3.05, 3.63) is 54.1 Å². The van der Waals surface area contributed by atoms with Gasteiger partial charge in [0.05, 0.1) is 26.1 Å². The average Bonchev–Trinajstić information content (AvgIpc) is 3.27. The molecule has 1 aliphatic heterocycles. The Morgan fingerprint density at radius 3 is 2.50 bits per heavy atom. The van der Waals surface area contributed by atoms with Gasteiger partial charge < -0.3 is 19.9 Å². The van der Waals surface area contributed by atoms with E-state index in [0.29, 0.717) is 18.5 Å². The molecule has 1 aromatic heterocycles. The average molecular weight is 413 g/mol. The van der Waals surface area contributed by atoms with Gasteiger partial charge in [0, 0.05) is 51.2 Å². The second-order valence-corrected chi connectivity index (χ2v) is 8.09. The lowest BCUT2D eigenvalue weighted by atomic mass is 10.0. The Bertz CT molecular complexity index is 751. The SMILES string of the molecule is CCNC(=NCc1ccc(Cn2ccnc2)cc1)NCC(C(C)C)N1CCOCC1. The van der Waals surface area contributed by atoms with Gasteiger partial charge in [0.15, 0.2) is 5.96 Å². The maximum absolute atomic E-state index is 5.52. The van der Waals surface area contributed by atoms with Crippen LogP contribution in [0.2, 0.25) is 0 Å². The van der Waals surface area contributed by atoms with Crippen LogP contribution in [0.25, 0.3) is 0 Å². The molecule has 2 aromatic rings. The summed E-state index contributed by atoms with van der Waals surface area (Å²) in [6.45, 7) is 13.6. The number of ether oxygens (including phenoxy) is 1. The van der Waals surface area contributed by atoms with Gasteiger partial charge in [-0.05, 0) is 24.0 Å². The smallest absolute Gasteiger partial charge is 0.191 e. The van der Waals surface area contributed by atoms with Crippen LogP contribution in [0.1, 0.15) is 31.9 Å². The molecule has 1 unspecified atom stereocenters. The summed E-state index contributed by atoms with van der Waals surface area (Å²) in [6, 6.07) is 9.12. The van der Waals surface area contributed by atoms with E-state index in [2.05, 4.69) is 70.1 Å². The zero-order chi connectivity index (χ0) is 21.2. The van der Waals surface area contributed by atoms with Crippen LogP contribution in [0.4, 0.5) is 0 Å². The number of nitrogens with zero attached hydrogens (tertiary/aromatic N) is 4. The summed E-state index contributed by atoms with van der Waals surface area (Å²) in [7, 11) is 0. The molecule has 1 fully saturated rings. The van der Waals surface area contributed by atoms with Crippen molar-refractivity contribution in [2.24, 2.45) is 10.9 Å². The predicted octanol–water partition coefficient (Wildman–Crippen LogP) is 2.34. The molecular formula is C23H36N6O. The molecule has 30 heavy (non-hydrogen) atoms. The predicted molar refractivity (Wildman–Crippen MR) is 122 cm³/mol. The number of hydrogen-bond donors (Lipinski definition) is 2. The van der Waals surface area contributed by atoms with E-state index in [1.807, 2.05) is 12.5 Å². The maximum Gasteiger partial charge on any atom is 0.191 e. The van der Waals surface area contributed by atoms with E-state index in [9.17, 15) is 0 Å². The summed E-state index contributed by atoms with van der Waals surface area (Å²) in [5, 5.41) is 6.93. The first-order valence-electron chi connectivity index (χ1n) is 11.0. The zero-order valence-corrected chi connectivity index (χ0v) is 18.6. The number of aromatic nitrogens is 2. The van der Waals surface area contributed by atoms with Crippen molar-refractivity contribution in [1.29, 1.82) is 0 Å².